The third-order valence-electron chi connectivity index (χ3n) is 1.16. The summed E-state index contributed by atoms with van der Waals surface area (Å²) in [5.41, 5.74) is 0. The van der Waals surface area contributed by atoms with E-state index in [1.807, 2.05) is 0 Å². The van der Waals surface area contributed by atoms with Crippen LogP contribution in [-0.2, 0) is 9.63 Å². The Bertz CT molecular complexity index is 159. The first-order valence-electron chi connectivity index (χ1n) is 3.03. The third kappa shape index (κ3) is 5.13. The van der Waals surface area contributed by atoms with Gasteiger partial charge in [-0.3, -0.25) is 4.79 Å². The van der Waals surface area contributed by atoms with Crippen LogP contribution in [0.25, 0.3) is 0 Å². The lowest BCUT2D eigenvalue weighted by molar-refractivity contribution is -0.757. The van der Waals surface area contributed by atoms with E-state index in [1.165, 1.54) is 11.8 Å². The molecule has 6 heteroatoms. The maximum Gasteiger partial charge on any atom is 0.294 e. The SMILES string of the molecule is CC(=O)N(C)CCO[N+](=O)[O-]. The molecule has 11 heavy (non-hydrogen) atoms. The molecule has 0 aromatic carbocycles. The summed E-state index contributed by atoms with van der Waals surface area (Å²) in [4.78, 5) is 25.5. The molecule has 0 saturated heterocycles. The number of hydrogen-bond donors (Lipinski definition) is 0. The zero-order valence-electron chi connectivity index (χ0n) is 6.44. The molecule has 0 aromatic heterocycles. The van der Waals surface area contributed by atoms with E-state index in [0.29, 0.717) is 0 Å². The Morgan fingerprint density at radius 3 is 2.64 bits per heavy atom. The molecule has 1 amide bonds. The van der Waals surface area contributed by atoms with Crippen LogP contribution in [-0.4, -0.2) is 36.1 Å². The van der Waals surface area contributed by atoms with Gasteiger partial charge < -0.3 is 9.74 Å². The Morgan fingerprint density at radius 1 is 1.73 bits per heavy atom. The molecule has 0 aromatic rings. The van der Waals surface area contributed by atoms with Gasteiger partial charge in [-0.15, -0.1) is 10.1 Å². The Morgan fingerprint density at radius 2 is 2.27 bits per heavy atom. The quantitative estimate of drug-likeness (QED) is 0.419. The summed E-state index contributed by atoms with van der Waals surface area (Å²) in [5, 5.41) is 8.75. The smallest absolute Gasteiger partial charge is 0.294 e. The van der Waals surface area contributed by atoms with Gasteiger partial charge in [0.1, 0.15) is 6.61 Å². The van der Waals surface area contributed by atoms with Gasteiger partial charge in [-0.05, 0) is 0 Å². The largest absolute Gasteiger partial charge is 0.344 e. The number of rotatable bonds is 4. The van der Waals surface area contributed by atoms with Crippen molar-refractivity contribution in [2.24, 2.45) is 0 Å². The van der Waals surface area contributed by atoms with E-state index in [-0.39, 0.29) is 19.1 Å². The van der Waals surface area contributed by atoms with Crippen LogP contribution in [0.3, 0.4) is 0 Å². The molecule has 0 bridgehead atoms. The highest BCUT2D eigenvalue weighted by Gasteiger charge is 2.02. The molecule has 0 spiro atoms. The molecule has 0 atom stereocenters. The first-order valence-corrected chi connectivity index (χ1v) is 3.03. The van der Waals surface area contributed by atoms with E-state index in [0.717, 1.165) is 0 Å². The number of carbonyl (C=O) groups is 1. The molecule has 0 rings (SSSR count). The van der Waals surface area contributed by atoms with Crippen LogP contribution in [0.2, 0.25) is 0 Å². The Hall–Kier alpha value is -1.33. The average Bonchev–Trinajstić information content (AvgIpc) is 1.86. The second kappa shape index (κ2) is 4.48. The predicted octanol–water partition coefficient (Wildman–Crippen LogP) is -0.327. The number of amides is 1. The van der Waals surface area contributed by atoms with Crippen molar-refractivity contribution in [2.75, 3.05) is 20.2 Å². The number of hydrogen-bond acceptors (Lipinski definition) is 4. The van der Waals surface area contributed by atoms with E-state index < -0.39 is 5.09 Å². The van der Waals surface area contributed by atoms with Gasteiger partial charge in [0.15, 0.2) is 0 Å². The monoisotopic (exact) mass is 162 g/mol. The van der Waals surface area contributed by atoms with Crippen molar-refractivity contribution < 1.29 is 14.7 Å². The van der Waals surface area contributed by atoms with Crippen LogP contribution < -0.4 is 0 Å². The standard InChI is InChI=1S/C5H10N2O4/c1-5(8)6(2)3-4-11-7(9)10/h3-4H2,1-2H3. The molecule has 0 fully saturated rings. The molecule has 0 unspecified atom stereocenters. The summed E-state index contributed by atoms with van der Waals surface area (Å²) in [6, 6.07) is 0. The lowest BCUT2D eigenvalue weighted by atomic mass is 10.5. The van der Waals surface area contributed by atoms with Gasteiger partial charge >= 0.3 is 0 Å². The van der Waals surface area contributed by atoms with Crippen molar-refractivity contribution in [3.8, 4) is 0 Å². The van der Waals surface area contributed by atoms with Crippen LogP contribution in [0.5, 0.6) is 0 Å². The average molecular weight is 162 g/mol. The van der Waals surface area contributed by atoms with Gasteiger partial charge in [0.2, 0.25) is 5.91 Å². The van der Waals surface area contributed by atoms with Gasteiger partial charge in [-0.25, -0.2) is 0 Å². The second-order valence-corrected chi connectivity index (χ2v) is 2.00. The van der Waals surface area contributed by atoms with E-state index >= 15 is 0 Å². The summed E-state index contributed by atoms with van der Waals surface area (Å²) in [5.74, 6) is -0.142. The lowest BCUT2D eigenvalue weighted by Gasteiger charge is -2.12. The van der Waals surface area contributed by atoms with E-state index in [2.05, 4.69) is 4.84 Å². The summed E-state index contributed by atoms with van der Waals surface area (Å²) in [6.45, 7) is 1.53. The first kappa shape index (κ1) is 9.67. The zero-order valence-corrected chi connectivity index (χ0v) is 6.44. The Balaban J connectivity index is 3.39. The van der Waals surface area contributed by atoms with Crippen molar-refractivity contribution in [1.82, 2.24) is 4.90 Å². The summed E-state index contributed by atoms with van der Waals surface area (Å²) in [6.07, 6.45) is 0. The maximum absolute atomic E-state index is 10.5. The van der Waals surface area contributed by atoms with E-state index in [1.54, 1.807) is 7.05 Å². The first-order chi connectivity index (χ1) is 5.04. The normalized spacial score (nSPS) is 8.91. The molecule has 0 radical (unpaired) electrons. The summed E-state index contributed by atoms with van der Waals surface area (Å²) in [7, 11) is 1.55. The van der Waals surface area contributed by atoms with Gasteiger partial charge in [0.05, 0.1) is 0 Å². The van der Waals surface area contributed by atoms with Crippen LogP contribution in [0.15, 0.2) is 0 Å². The van der Waals surface area contributed by atoms with Gasteiger partial charge in [0, 0.05) is 20.5 Å². The fourth-order valence-electron chi connectivity index (χ4n) is 0.410. The molecule has 6 nitrogen and oxygen atoms in total. The Kier molecular flexibility index (Phi) is 3.94. The van der Waals surface area contributed by atoms with Crippen LogP contribution in [0.1, 0.15) is 6.92 Å². The maximum atomic E-state index is 10.5. The molecule has 64 valence electrons. The van der Waals surface area contributed by atoms with Gasteiger partial charge in [0.25, 0.3) is 5.09 Å². The topological polar surface area (TPSA) is 72.7 Å². The minimum Gasteiger partial charge on any atom is -0.344 e. The fraction of sp³-hybridized carbons (Fsp3) is 0.800. The molecular formula is C5H10N2O4. The fourth-order valence-corrected chi connectivity index (χ4v) is 0.410. The highest BCUT2D eigenvalue weighted by molar-refractivity contribution is 5.72. The number of likely N-dealkylation sites (N-methyl/N-ethyl adjacent to an activating group) is 1. The third-order valence-corrected chi connectivity index (χ3v) is 1.16. The van der Waals surface area contributed by atoms with Crippen LogP contribution >= 0.6 is 0 Å². The number of nitrogens with zero attached hydrogens (tertiary/aromatic N) is 2. The minimum atomic E-state index is -0.881. The highest BCUT2D eigenvalue weighted by atomic mass is 16.9. The van der Waals surface area contributed by atoms with E-state index in [9.17, 15) is 14.9 Å². The predicted molar refractivity (Wildman–Crippen MR) is 36.3 cm³/mol. The van der Waals surface area contributed by atoms with E-state index in [4.69, 9.17) is 0 Å². The van der Waals surface area contributed by atoms with Gasteiger partial charge in [-0.1, -0.05) is 0 Å². The summed E-state index contributed by atoms with van der Waals surface area (Å²) >= 11 is 0. The molecular weight excluding hydrogens is 152 g/mol. The number of carbonyl (C=O) groups excluding carboxylic acids is 1. The molecule has 0 heterocycles. The van der Waals surface area contributed by atoms with Crippen molar-refractivity contribution >= 4 is 5.91 Å². The summed E-state index contributed by atoms with van der Waals surface area (Å²) < 4.78 is 0. The van der Waals surface area contributed by atoms with Crippen molar-refractivity contribution in [3.05, 3.63) is 10.1 Å². The second-order valence-electron chi connectivity index (χ2n) is 2.00. The minimum absolute atomic E-state index is 0.0803. The molecule has 0 aliphatic carbocycles. The molecule has 0 N–H and O–H groups in total. The van der Waals surface area contributed by atoms with Crippen LogP contribution in [0, 0.1) is 10.1 Å². The van der Waals surface area contributed by atoms with Crippen LogP contribution in [0.4, 0.5) is 0 Å². The van der Waals surface area contributed by atoms with Crippen molar-refractivity contribution in [2.45, 2.75) is 6.92 Å². The van der Waals surface area contributed by atoms with Gasteiger partial charge in [-0.2, -0.15) is 0 Å². The lowest BCUT2D eigenvalue weighted by Crippen LogP contribution is -2.28. The highest BCUT2D eigenvalue weighted by Crippen LogP contribution is 1.83. The van der Waals surface area contributed by atoms with Crippen molar-refractivity contribution in [3.63, 3.8) is 0 Å². The zero-order chi connectivity index (χ0) is 8.85. The molecule has 0 aliphatic heterocycles. The Labute approximate surface area is 63.8 Å². The molecule has 0 aliphatic rings. The molecule has 0 saturated carbocycles. The van der Waals surface area contributed by atoms with Crippen molar-refractivity contribution in [1.29, 1.82) is 0 Å².